The molecule has 14 heavy (non-hydrogen) atoms. The minimum Gasteiger partial charge on any atom is -0.183 e. The quantitative estimate of drug-likeness (QED) is 0.671. The zero-order chi connectivity index (χ0) is 9.64. The highest BCUT2D eigenvalue weighted by Gasteiger charge is 1.90. The first-order valence-electron chi connectivity index (χ1n) is 4.40. The zero-order valence-electron chi connectivity index (χ0n) is 7.63. The van der Waals surface area contributed by atoms with Crippen LogP contribution < -0.4 is 0 Å². The van der Waals surface area contributed by atoms with E-state index in [1.807, 2.05) is 41.8 Å². The van der Waals surface area contributed by atoms with Crippen molar-refractivity contribution in [2.24, 2.45) is 10.2 Å². The molecule has 0 bridgehead atoms. The Kier molecular flexibility index (Phi) is 3.03. The van der Waals surface area contributed by atoms with Gasteiger partial charge in [-0.05, 0) is 23.6 Å². The van der Waals surface area contributed by atoms with Crippen molar-refractivity contribution in [3.05, 3.63) is 52.7 Å². The molecule has 70 valence electrons. The van der Waals surface area contributed by atoms with E-state index in [9.17, 15) is 0 Å². The van der Waals surface area contributed by atoms with Crippen LogP contribution in [0.2, 0.25) is 0 Å². The van der Waals surface area contributed by atoms with E-state index < -0.39 is 0 Å². The minimum atomic E-state index is 0.673. The Morgan fingerprint density at radius 2 is 1.86 bits per heavy atom. The molecule has 0 aliphatic carbocycles. The van der Waals surface area contributed by atoms with Gasteiger partial charge in [0.15, 0.2) is 0 Å². The van der Waals surface area contributed by atoms with Crippen LogP contribution in [-0.2, 0) is 6.54 Å². The van der Waals surface area contributed by atoms with Gasteiger partial charge in [0.05, 0.1) is 12.2 Å². The van der Waals surface area contributed by atoms with Gasteiger partial charge in [0, 0.05) is 4.88 Å². The summed E-state index contributed by atoms with van der Waals surface area (Å²) >= 11 is 1.70. The number of hydrogen-bond donors (Lipinski definition) is 0. The van der Waals surface area contributed by atoms with Gasteiger partial charge in [0.2, 0.25) is 0 Å². The maximum Gasteiger partial charge on any atom is 0.0946 e. The number of nitrogens with zero attached hydrogens (tertiary/aromatic N) is 2. The van der Waals surface area contributed by atoms with Crippen LogP contribution in [0.5, 0.6) is 0 Å². The number of rotatable bonds is 3. The lowest BCUT2D eigenvalue weighted by molar-refractivity contribution is 0.979. The lowest BCUT2D eigenvalue weighted by atomic mass is 10.3. The molecule has 1 aromatic heterocycles. The van der Waals surface area contributed by atoms with Gasteiger partial charge in [-0.3, -0.25) is 0 Å². The van der Waals surface area contributed by atoms with Crippen LogP contribution in [0.15, 0.2) is 58.1 Å². The number of hydrogen-bond acceptors (Lipinski definition) is 3. The van der Waals surface area contributed by atoms with Crippen LogP contribution in [0, 0.1) is 0 Å². The molecule has 0 aliphatic rings. The normalized spacial score (nSPS) is 10.9. The lowest BCUT2D eigenvalue weighted by Crippen LogP contribution is -1.70. The van der Waals surface area contributed by atoms with E-state index in [1.54, 1.807) is 11.3 Å². The Bertz CT molecular complexity index is 392. The Morgan fingerprint density at radius 3 is 2.57 bits per heavy atom. The molecule has 0 radical (unpaired) electrons. The van der Waals surface area contributed by atoms with Gasteiger partial charge in [0.25, 0.3) is 0 Å². The standard InChI is InChI=1S/C11H10N2S/c1-2-5-10(6-3-1)13-12-9-11-7-4-8-14-11/h1-8H,9H2. The second kappa shape index (κ2) is 4.67. The number of thiophene rings is 1. The molecule has 0 saturated heterocycles. The summed E-state index contributed by atoms with van der Waals surface area (Å²) in [6.07, 6.45) is 0. The minimum absolute atomic E-state index is 0.673. The van der Waals surface area contributed by atoms with Crippen molar-refractivity contribution in [2.75, 3.05) is 0 Å². The Balaban J connectivity index is 1.96. The molecule has 0 unspecified atom stereocenters. The van der Waals surface area contributed by atoms with Crippen molar-refractivity contribution in [1.82, 2.24) is 0 Å². The summed E-state index contributed by atoms with van der Waals surface area (Å²) in [4.78, 5) is 1.24. The predicted molar refractivity (Wildman–Crippen MR) is 59.0 cm³/mol. The van der Waals surface area contributed by atoms with Gasteiger partial charge >= 0.3 is 0 Å². The van der Waals surface area contributed by atoms with Gasteiger partial charge in [-0.1, -0.05) is 24.3 Å². The molecule has 0 aliphatic heterocycles. The SMILES string of the molecule is c1ccc(N=NCc2cccs2)cc1. The first-order valence-corrected chi connectivity index (χ1v) is 5.28. The molecular weight excluding hydrogens is 192 g/mol. The van der Waals surface area contributed by atoms with E-state index in [0.29, 0.717) is 6.54 Å². The van der Waals surface area contributed by atoms with Crippen molar-refractivity contribution >= 4 is 17.0 Å². The van der Waals surface area contributed by atoms with E-state index >= 15 is 0 Å². The molecular formula is C11H10N2S. The van der Waals surface area contributed by atoms with E-state index in [0.717, 1.165) is 5.69 Å². The van der Waals surface area contributed by atoms with Crippen molar-refractivity contribution in [3.8, 4) is 0 Å². The van der Waals surface area contributed by atoms with E-state index in [2.05, 4.69) is 16.3 Å². The van der Waals surface area contributed by atoms with Crippen LogP contribution in [0.1, 0.15) is 4.88 Å². The van der Waals surface area contributed by atoms with Crippen LogP contribution in [0.4, 0.5) is 5.69 Å². The summed E-state index contributed by atoms with van der Waals surface area (Å²) in [6.45, 7) is 0.673. The smallest absolute Gasteiger partial charge is 0.0946 e. The first-order chi connectivity index (χ1) is 6.95. The fourth-order valence-electron chi connectivity index (χ4n) is 1.08. The first kappa shape index (κ1) is 9.09. The highest BCUT2D eigenvalue weighted by Crippen LogP contribution is 2.13. The average Bonchev–Trinajstić information content (AvgIpc) is 2.72. The highest BCUT2D eigenvalue weighted by molar-refractivity contribution is 7.09. The molecule has 1 heterocycles. The van der Waals surface area contributed by atoms with Crippen LogP contribution in [0.3, 0.4) is 0 Å². The van der Waals surface area contributed by atoms with E-state index in [1.165, 1.54) is 4.88 Å². The third kappa shape index (κ3) is 2.50. The molecule has 1 aromatic carbocycles. The zero-order valence-corrected chi connectivity index (χ0v) is 8.45. The Morgan fingerprint density at radius 1 is 1.00 bits per heavy atom. The molecule has 2 aromatic rings. The summed E-state index contributed by atoms with van der Waals surface area (Å²) in [7, 11) is 0. The monoisotopic (exact) mass is 202 g/mol. The molecule has 2 rings (SSSR count). The molecule has 3 heteroatoms. The third-order valence-electron chi connectivity index (χ3n) is 1.75. The Hall–Kier alpha value is -1.48. The summed E-state index contributed by atoms with van der Waals surface area (Å²) < 4.78 is 0. The maximum absolute atomic E-state index is 4.12. The average molecular weight is 202 g/mol. The van der Waals surface area contributed by atoms with Crippen molar-refractivity contribution in [1.29, 1.82) is 0 Å². The van der Waals surface area contributed by atoms with E-state index in [-0.39, 0.29) is 0 Å². The second-order valence-electron chi connectivity index (χ2n) is 2.81. The van der Waals surface area contributed by atoms with Gasteiger partial charge in [-0.25, -0.2) is 0 Å². The topological polar surface area (TPSA) is 24.7 Å². The fraction of sp³-hybridized carbons (Fsp3) is 0.0909. The van der Waals surface area contributed by atoms with Crippen LogP contribution in [0.25, 0.3) is 0 Å². The molecule has 0 atom stereocenters. The van der Waals surface area contributed by atoms with Crippen molar-refractivity contribution < 1.29 is 0 Å². The molecule has 0 N–H and O–H groups in total. The van der Waals surface area contributed by atoms with Crippen molar-refractivity contribution in [3.63, 3.8) is 0 Å². The molecule has 0 saturated carbocycles. The molecule has 0 amide bonds. The predicted octanol–water partition coefficient (Wildman–Crippen LogP) is 4.03. The largest absolute Gasteiger partial charge is 0.183 e. The van der Waals surface area contributed by atoms with Gasteiger partial charge in [-0.15, -0.1) is 11.3 Å². The molecule has 0 fully saturated rings. The van der Waals surface area contributed by atoms with Crippen molar-refractivity contribution in [2.45, 2.75) is 6.54 Å². The van der Waals surface area contributed by atoms with E-state index in [4.69, 9.17) is 0 Å². The molecule has 2 nitrogen and oxygen atoms in total. The lowest BCUT2D eigenvalue weighted by Gasteiger charge is -1.89. The number of benzene rings is 1. The highest BCUT2D eigenvalue weighted by atomic mass is 32.1. The van der Waals surface area contributed by atoms with Crippen LogP contribution >= 0.6 is 11.3 Å². The van der Waals surface area contributed by atoms with Gasteiger partial charge in [-0.2, -0.15) is 10.2 Å². The Labute approximate surface area is 86.9 Å². The van der Waals surface area contributed by atoms with Gasteiger partial charge in [0.1, 0.15) is 0 Å². The second-order valence-corrected chi connectivity index (χ2v) is 3.85. The summed E-state index contributed by atoms with van der Waals surface area (Å²) in [6, 6.07) is 13.9. The van der Waals surface area contributed by atoms with Crippen LogP contribution in [-0.4, -0.2) is 0 Å². The summed E-state index contributed by atoms with van der Waals surface area (Å²) in [5.41, 5.74) is 0.907. The molecule has 0 spiro atoms. The van der Waals surface area contributed by atoms with Gasteiger partial charge < -0.3 is 0 Å². The summed E-state index contributed by atoms with van der Waals surface area (Å²) in [5, 5.41) is 10.3. The third-order valence-corrected chi connectivity index (χ3v) is 2.61. The maximum atomic E-state index is 4.12. The summed E-state index contributed by atoms with van der Waals surface area (Å²) in [5.74, 6) is 0. The fourth-order valence-corrected chi connectivity index (χ4v) is 1.71. The number of azo groups is 1.